The molecule has 0 atom stereocenters. The average molecular weight is 474 g/mol. The number of nitrogens with one attached hydrogen (secondary N) is 1. The first kappa shape index (κ1) is 21.6. The zero-order valence-electron chi connectivity index (χ0n) is 13.8. The summed E-state index contributed by atoms with van der Waals surface area (Å²) < 4.78 is 47.7. The van der Waals surface area contributed by atoms with Gasteiger partial charge in [-0.2, -0.15) is 13.2 Å². The number of anilines is 1. The van der Waals surface area contributed by atoms with Gasteiger partial charge >= 0.3 is 6.18 Å². The predicted octanol–water partition coefficient (Wildman–Crippen LogP) is 2.69. The Morgan fingerprint density at radius 2 is 1.96 bits per heavy atom. The fraction of sp³-hybridized carbons (Fsp3) is 0.533. The molecule has 0 unspecified atom stereocenters. The van der Waals surface area contributed by atoms with E-state index in [1.165, 1.54) is 7.05 Å². The van der Waals surface area contributed by atoms with Crippen molar-refractivity contribution in [2.75, 3.05) is 45.2 Å². The Labute approximate surface area is 161 Å². The van der Waals surface area contributed by atoms with Crippen molar-refractivity contribution in [2.45, 2.75) is 12.6 Å². The second kappa shape index (κ2) is 9.90. The molecule has 142 valence electrons. The molecule has 1 aromatic rings. The highest BCUT2D eigenvalue weighted by Gasteiger charge is 2.28. The first-order chi connectivity index (χ1) is 11.3. The highest BCUT2D eigenvalue weighted by molar-refractivity contribution is 14.0. The molecule has 0 spiro atoms. The van der Waals surface area contributed by atoms with Crippen molar-refractivity contribution in [1.82, 2.24) is 4.90 Å². The Kier molecular flexibility index (Phi) is 8.56. The maximum atomic E-state index is 12.2. The van der Waals surface area contributed by atoms with Crippen molar-refractivity contribution in [3.8, 4) is 11.5 Å². The van der Waals surface area contributed by atoms with E-state index in [1.54, 1.807) is 18.2 Å². The highest BCUT2D eigenvalue weighted by atomic mass is 127. The first-order valence-electron chi connectivity index (χ1n) is 7.55. The van der Waals surface area contributed by atoms with Crippen molar-refractivity contribution in [3.63, 3.8) is 0 Å². The van der Waals surface area contributed by atoms with Gasteiger partial charge in [-0.05, 0) is 19.2 Å². The van der Waals surface area contributed by atoms with E-state index in [2.05, 4.69) is 10.3 Å². The summed E-state index contributed by atoms with van der Waals surface area (Å²) in [5.41, 5.74) is 6.42. The minimum absolute atomic E-state index is 0. The van der Waals surface area contributed by atoms with Crippen LogP contribution in [0, 0.1) is 0 Å². The first-order valence-corrected chi connectivity index (χ1v) is 7.55. The molecule has 0 saturated carbocycles. The van der Waals surface area contributed by atoms with Crippen LogP contribution in [0.5, 0.6) is 11.5 Å². The number of hydrogen-bond donors (Lipinski definition) is 2. The molecular formula is C15H22F3IN4O2. The smallest absolute Gasteiger partial charge is 0.401 e. The Bertz CT molecular complexity index is 584. The summed E-state index contributed by atoms with van der Waals surface area (Å²) in [6.07, 6.45) is -3.40. The van der Waals surface area contributed by atoms with Crippen molar-refractivity contribution in [3.05, 3.63) is 18.2 Å². The molecule has 10 heteroatoms. The van der Waals surface area contributed by atoms with E-state index in [4.69, 9.17) is 15.2 Å². The molecular weight excluding hydrogens is 452 g/mol. The number of alkyl halides is 3. The normalized spacial score (nSPS) is 14.7. The van der Waals surface area contributed by atoms with E-state index in [0.717, 1.165) is 11.3 Å². The van der Waals surface area contributed by atoms with Crippen LogP contribution in [-0.4, -0.2) is 56.9 Å². The lowest BCUT2D eigenvalue weighted by Gasteiger charge is -2.17. The number of hydrogen-bond acceptors (Lipinski definition) is 4. The monoisotopic (exact) mass is 474 g/mol. The second-order valence-electron chi connectivity index (χ2n) is 5.46. The summed E-state index contributed by atoms with van der Waals surface area (Å²) in [6.45, 7) is 0.525. The third-order valence-corrected chi connectivity index (χ3v) is 3.23. The fourth-order valence-corrected chi connectivity index (χ4v) is 2.15. The van der Waals surface area contributed by atoms with Crippen LogP contribution in [0.2, 0.25) is 0 Å². The van der Waals surface area contributed by atoms with Crippen LogP contribution in [-0.2, 0) is 0 Å². The van der Waals surface area contributed by atoms with E-state index in [-0.39, 0.29) is 43.0 Å². The molecule has 1 heterocycles. The molecule has 0 saturated heterocycles. The summed E-state index contributed by atoms with van der Waals surface area (Å²) >= 11 is 0. The second-order valence-corrected chi connectivity index (χ2v) is 5.46. The number of likely N-dealkylation sites (N-methyl/N-ethyl adjacent to an activating group) is 1. The van der Waals surface area contributed by atoms with Gasteiger partial charge in [0.1, 0.15) is 0 Å². The number of rotatable bonds is 5. The minimum Gasteiger partial charge on any atom is -0.490 e. The fourth-order valence-electron chi connectivity index (χ4n) is 2.15. The van der Waals surface area contributed by atoms with Gasteiger partial charge in [0.05, 0.1) is 26.3 Å². The lowest BCUT2D eigenvalue weighted by atomic mass is 10.3. The van der Waals surface area contributed by atoms with E-state index >= 15 is 0 Å². The van der Waals surface area contributed by atoms with Crippen molar-refractivity contribution in [2.24, 2.45) is 10.7 Å². The van der Waals surface area contributed by atoms with Gasteiger partial charge in [-0.1, -0.05) is 0 Å². The summed E-state index contributed by atoms with van der Waals surface area (Å²) in [5.74, 6) is 1.42. The van der Waals surface area contributed by atoms with Gasteiger partial charge in [0.15, 0.2) is 17.5 Å². The molecule has 0 radical (unpaired) electrons. The van der Waals surface area contributed by atoms with Crippen LogP contribution in [0.4, 0.5) is 18.9 Å². The van der Waals surface area contributed by atoms with Crippen LogP contribution in [0.25, 0.3) is 0 Å². The molecule has 1 aliphatic rings. The molecule has 0 aromatic heterocycles. The van der Waals surface area contributed by atoms with Gasteiger partial charge < -0.3 is 20.5 Å². The third-order valence-electron chi connectivity index (χ3n) is 3.23. The summed E-state index contributed by atoms with van der Waals surface area (Å²) in [5, 5.41) is 2.89. The zero-order chi connectivity index (χ0) is 17.6. The quantitative estimate of drug-likeness (QED) is 0.390. The maximum absolute atomic E-state index is 12.2. The number of nitrogens with two attached hydrogens (primary N) is 1. The average Bonchev–Trinajstić information content (AvgIpc) is 2.70. The number of fused-ring (bicyclic) bond motifs is 1. The minimum atomic E-state index is -4.22. The number of benzene rings is 1. The molecule has 0 fully saturated rings. The number of nitrogens with zero attached hydrogens (tertiary/aromatic N) is 2. The molecule has 2 rings (SSSR count). The van der Waals surface area contributed by atoms with Crippen LogP contribution in [0.15, 0.2) is 23.2 Å². The molecule has 0 aliphatic carbocycles. The SMILES string of the molecule is CN(CCN=C(N)Nc1ccc2c(c1)OCCCO2)CC(F)(F)F.I. The number of ether oxygens (including phenoxy) is 2. The highest BCUT2D eigenvalue weighted by Crippen LogP contribution is 2.32. The molecule has 6 nitrogen and oxygen atoms in total. The summed E-state index contributed by atoms with van der Waals surface area (Å²) in [7, 11) is 1.39. The number of guanidine groups is 1. The largest absolute Gasteiger partial charge is 0.490 e. The van der Waals surface area contributed by atoms with Gasteiger partial charge in [0, 0.05) is 24.7 Å². The summed E-state index contributed by atoms with van der Waals surface area (Å²) in [6, 6.07) is 5.29. The van der Waals surface area contributed by atoms with E-state index in [9.17, 15) is 13.2 Å². The Balaban J connectivity index is 0.00000312. The van der Waals surface area contributed by atoms with Crippen LogP contribution < -0.4 is 20.5 Å². The lowest BCUT2D eigenvalue weighted by Crippen LogP contribution is -2.33. The topological polar surface area (TPSA) is 72.1 Å². The Morgan fingerprint density at radius 1 is 1.28 bits per heavy atom. The van der Waals surface area contributed by atoms with Crippen LogP contribution in [0.3, 0.4) is 0 Å². The maximum Gasteiger partial charge on any atom is 0.401 e. The van der Waals surface area contributed by atoms with Crippen molar-refractivity contribution < 1.29 is 22.6 Å². The zero-order valence-corrected chi connectivity index (χ0v) is 16.1. The van der Waals surface area contributed by atoms with E-state index in [0.29, 0.717) is 30.4 Å². The van der Waals surface area contributed by atoms with E-state index < -0.39 is 12.7 Å². The molecule has 25 heavy (non-hydrogen) atoms. The molecule has 0 amide bonds. The van der Waals surface area contributed by atoms with Crippen LogP contribution in [0.1, 0.15) is 6.42 Å². The standard InChI is InChI=1S/C15H21F3N4O2.HI/c1-22(10-15(16,17)18)6-5-20-14(19)21-11-3-4-12-13(9-11)24-8-2-7-23-12;/h3-4,9H,2,5-8,10H2,1H3,(H3,19,20,21);1H. The predicted molar refractivity (Wildman–Crippen MR) is 101 cm³/mol. The third kappa shape index (κ3) is 7.99. The van der Waals surface area contributed by atoms with Gasteiger partial charge in [-0.3, -0.25) is 9.89 Å². The van der Waals surface area contributed by atoms with Crippen molar-refractivity contribution >= 4 is 35.6 Å². The van der Waals surface area contributed by atoms with Gasteiger partial charge in [-0.15, -0.1) is 24.0 Å². The molecule has 0 bridgehead atoms. The lowest BCUT2D eigenvalue weighted by molar-refractivity contribution is -0.142. The Morgan fingerprint density at radius 3 is 2.64 bits per heavy atom. The summed E-state index contributed by atoms with van der Waals surface area (Å²) in [4.78, 5) is 5.17. The molecule has 3 N–H and O–H groups in total. The molecule has 1 aliphatic heterocycles. The molecule has 1 aromatic carbocycles. The Hall–Kier alpha value is -1.43. The van der Waals surface area contributed by atoms with Crippen LogP contribution >= 0.6 is 24.0 Å². The number of halogens is 4. The van der Waals surface area contributed by atoms with Gasteiger partial charge in [0.2, 0.25) is 0 Å². The van der Waals surface area contributed by atoms with Crippen molar-refractivity contribution in [1.29, 1.82) is 0 Å². The van der Waals surface area contributed by atoms with Gasteiger partial charge in [0.25, 0.3) is 0 Å². The van der Waals surface area contributed by atoms with Gasteiger partial charge in [-0.25, -0.2) is 0 Å². The van der Waals surface area contributed by atoms with E-state index in [1.807, 2.05) is 0 Å². The number of aliphatic imine (C=N–C) groups is 1.